The molecule has 27 heavy (non-hydrogen) atoms. The molecule has 1 aromatic rings. The number of nitrogens with one attached hydrogen (secondary N) is 3. The quantitative estimate of drug-likeness (QED) is 0.338. The van der Waals surface area contributed by atoms with Crippen LogP contribution >= 0.6 is 67.8 Å². The first-order chi connectivity index (χ1) is 12.4. The van der Waals surface area contributed by atoms with E-state index < -0.39 is 17.9 Å². The predicted molar refractivity (Wildman–Crippen MR) is 126 cm³/mol. The van der Waals surface area contributed by atoms with Crippen LogP contribution in [0.1, 0.15) is 41.5 Å². The molecular weight excluding hydrogens is 695 g/mol. The molecule has 3 amide bonds. The number of rotatable bonds is 6. The fourth-order valence-corrected chi connectivity index (χ4v) is 6.63. The third-order valence-electron chi connectivity index (χ3n) is 3.54. The number of carboxylic acid groups (broad SMARTS) is 1. The molecule has 0 aliphatic rings. The summed E-state index contributed by atoms with van der Waals surface area (Å²) in [5, 5.41) is 17.3. The molecule has 0 unspecified atom stereocenters. The Morgan fingerprint density at radius 3 is 1.89 bits per heavy atom. The Morgan fingerprint density at radius 2 is 1.48 bits per heavy atom. The van der Waals surface area contributed by atoms with Crippen LogP contribution in [0, 0.1) is 16.6 Å². The van der Waals surface area contributed by atoms with Crippen LogP contribution in [-0.2, 0) is 9.59 Å². The second-order valence-electron chi connectivity index (χ2n) is 5.86. The van der Waals surface area contributed by atoms with Crippen molar-refractivity contribution in [3.8, 4) is 0 Å². The maximum Gasteiger partial charge on any atom is 0.337 e. The Morgan fingerprint density at radius 1 is 0.963 bits per heavy atom. The van der Waals surface area contributed by atoms with Gasteiger partial charge < -0.3 is 21.1 Å². The maximum absolute atomic E-state index is 12.9. The number of hydrogen-bond donors (Lipinski definition) is 4. The zero-order valence-corrected chi connectivity index (χ0v) is 21.3. The van der Waals surface area contributed by atoms with Gasteiger partial charge in [0.15, 0.2) is 0 Å². The van der Waals surface area contributed by atoms with Crippen molar-refractivity contribution in [2.45, 2.75) is 26.8 Å². The van der Waals surface area contributed by atoms with Crippen molar-refractivity contribution in [1.29, 1.82) is 0 Å². The highest BCUT2D eigenvalue weighted by Gasteiger charge is 2.31. The molecule has 148 valence electrons. The van der Waals surface area contributed by atoms with E-state index in [2.05, 4.69) is 16.0 Å². The third kappa shape index (κ3) is 5.65. The smallest absolute Gasteiger partial charge is 0.337 e. The van der Waals surface area contributed by atoms with Gasteiger partial charge in [-0.3, -0.25) is 14.4 Å². The zero-order valence-electron chi connectivity index (χ0n) is 14.9. The molecule has 0 bridgehead atoms. The van der Waals surface area contributed by atoms with E-state index >= 15 is 0 Å². The Kier molecular flexibility index (Phi) is 9.17. The summed E-state index contributed by atoms with van der Waals surface area (Å²) in [6.07, 6.45) is 0. The number of carbonyl (C=O) groups excluding carboxylic acids is 3. The lowest BCUT2D eigenvalue weighted by Crippen LogP contribution is -2.49. The summed E-state index contributed by atoms with van der Waals surface area (Å²) < 4.78 is 0.964. The average molecular weight is 713 g/mol. The van der Waals surface area contributed by atoms with Crippen LogP contribution in [0.4, 0.5) is 5.69 Å². The molecule has 8 nitrogen and oxygen atoms in total. The molecule has 1 atom stereocenters. The monoisotopic (exact) mass is 713 g/mol. The molecule has 0 fully saturated rings. The SMILES string of the molecule is CNC(=O)[C@@H](NC(=O)c1c(I)c(NC(C)=O)c(I)c(C(=O)O)c1I)C(C)C. The van der Waals surface area contributed by atoms with Crippen molar-refractivity contribution in [2.75, 3.05) is 12.4 Å². The average Bonchev–Trinajstić information content (AvgIpc) is 2.55. The first kappa shape index (κ1) is 24.3. The Balaban J connectivity index is 3.59. The minimum absolute atomic E-state index is 0.0773. The standard InChI is InChI=1S/C16H18I3N3O5/c1-5(2)12(15(25)20-4)22-14(24)7-9(17)8(16(26)27)11(19)13(10(7)18)21-6(3)23/h5,12H,1-4H3,(H,20,25)(H,21,23)(H,22,24)(H,26,27)/t12-/m0/s1. The highest BCUT2D eigenvalue weighted by molar-refractivity contribution is 14.1. The number of hydrogen-bond acceptors (Lipinski definition) is 4. The zero-order chi connectivity index (χ0) is 21.0. The Hall–Kier alpha value is -0.710. The second kappa shape index (κ2) is 10.2. The van der Waals surface area contributed by atoms with Gasteiger partial charge in [0.2, 0.25) is 11.8 Å². The number of amides is 3. The lowest BCUT2D eigenvalue weighted by Gasteiger charge is -2.23. The highest BCUT2D eigenvalue weighted by atomic mass is 127. The van der Waals surface area contributed by atoms with Gasteiger partial charge in [-0.2, -0.15) is 0 Å². The van der Waals surface area contributed by atoms with Gasteiger partial charge in [-0.1, -0.05) is 13.8 Å². The first-order valence-corrected chi connectivity index (χ1v) is 10.9. The van der Waals surface area contributed by atoms with Crippen molar-refractivity contribution in [2.24, 2.45) is 5.92 Å². The van der Waals surface area contributed by atoms with E-state index in [1.165, 1.54) is 14.0 Å². The topological polar surface area (TPSA) is 125 Å². The van der Waals surface area contributed by atoms with Gasteiger partial charge in [0.1, 0.15) is 6.04 Å². The lowest BCUT2D eigenvalue weighted by molar-refractivity contribution is -0.123. The third-order valence-corrected chi connectivity index (χ3v) is 6.78. The van der Waals surface area contributed by atoms with E-state index in [0.29, 0.717) is 7.14 Å². The van der Waals surface area contributed by atoms with E-state index in [0.717, 1.165) is 0 Å². The summed E-state index contributed by atoms with van der Waals surface area (Å²) >= 11 is 5.52. The van der Waals surface area contributed by atoms with Crippen molar-refractivity contribution in [3.63, 3.8) is 0 Å². The molecule has 0 heterocycles. The minimum Gasteiger partial charge on any atom is -0.478 e. The van der Waals surface area contributed by atoms with Crippen LogP contribution in [0.5, 0.6) is 0 Å². The number of likely N-dealkylation sites (N-methyl/N-ethyl adjacent to an activating group) is 1. The lowest BCUT2D eigenvalue weighted by atomic mass is 10.0. The van der Waals surface area contributed by atoms with Crippen molar-refractivity contribution < 1.29 is 24.3 Å². The summed E-state index contributed by atoms with van der Waals surface area (Å²) in [4.78, 5) is 48.3. The molecule has 0 aromatic heterocycles. The fourth-order valence-electron chi connectivity index (χ4n) is 2.24. The number of aromatic carboxylic acids is 1. The van der Waals surface area contributed by atoms with E-state index in [1.807, 2.05) is 45.2 Å². The van der Waals surface area contributed by atoms with Crippen LogP contribution < -0.4 is 16.0 Å². The molecule has 0 aliphatic heterocycles. The summed E-state index contributed by atoms with van der Waals surface area (Å²) in [6.45, 7) is 4.87. The number of anilines is 1. The van der Waals surface area contributed by atoms with E-state index in [9.17, 15) is 24.3 Å². The van der Waals surface area contributed by atoms with Crippen LogP contribution in [0.2, 0.25) is 0 Å². The predicted octanol–water partition coefficient (Wildman–Crippen LogP) is 2.66. The number of carboxylic acids is 1. The van der Waals surface area contributed by atoms with Gasteiger partial charge in [0, 0.05) is 17.5 Å². The molecule has 1 aromatic carbocycles. The van der Waals surface area contributed by atoms with Crippen LogP contribution in [-0.4, -0.2) is 41.9 Å². The summed E-state index contributed by atoms with van der Waals surface area (Å²) in [5.74, 6) is -2.72. The Labute approximate surface area is 197 Å². The molecule has 0 aliphatic carbocycles. The molecule has 1 rings (SSSR count). The fraction of sp³-hybridized carbons (Fsp3) is 0.375. The van der Waals surface area contributed by atoms with Gasteiger partial charge in [-0.05, 0) is 73.7 Å². The van der Waals surface area contributed by atoms with E-state index in [-0.39, 0.29) is 38.1 Å². The van der Waals surface area contributed by atoms with Crippen molar-refractivity contribution >= 4 is 97.2 Å². The van der Waals surface area contributed by atoms with Gasteiger partial charge >= 0.3 is 5.97 Å². The van der Waals surface area contributed by atoms with Crippen LogP contribution in [0.3, 0.4) is 0 Å². The van der Waals surface area contributed by atoms with Crippen LogP contribution in [0.15, 0.2) is 0 Å². The summed E-state index contributed by atoms with van der Waals surface area (Å²) in [6, 6.07) is -0.786. The van der Waals surface area contributed by atoms with E-state index in [1.54, 1.807) is 36.4 Å². The normalized spacial score (nSPS) is 11.7. The molecule has 11 heteroatoms. The molecule has 0 saturated carbocycles. The molecule has 0 spiro atoms. The van der Waals surface area contributed by atoms with Gasteiger partial charge in [-0.15, -0.1) is 0 Å². The van der Waals surface area contributed by atoms with Crippen molar-refractivity contribution in [3.05, 3.63) is 21.8 Å². The number of benzene rings is 1. The molecule has 0 radical (unpaired) electrons. The molecular formula is C16H18I3N3O5. The minimum atomic E-state index is -1.22. The number of halogens is 3. The largest absolute Gasteiger partial charge is 0.478 e. The van der Waals surface area contributed by atoms with E-state index in [4.69, 9.17) is 0 Å². The van der Waals surface area contributed by atoms with Crippen LogP contribution in [0.25, 0.3) is 0 Å². The first-order valence-electron chi connectivity index (χ1n) is 7.67. The molecule has 4 N–H and O–H groups in total. The van der Waals surface area contributed by atoms with Gasteiger partial charge in [0.05, 0.1) is 24.0 Å². The summed E-state index contributed by atoms with van der Waals surface area (Å²) in [5.41, 5.74) is 0.284. The number of carbonyl (C=O) groups is 4. The Bertz CT molecular complexity index is 811. The van der Waals surface area contributed by atoms with Gasteiger partial charge in [-0.25, -0.2) is 4.79 Å². The second-order valence-corrected chi connectivity index (χ2v) is 9.10. The van der Waals surface area contributed by atoms with Crippen molar-refractivity contribution in [1.82, 2.24) is 10.6 Å². The molecule has 0 saturated heterocycles. The highest BCUT2D eigenvalue weighted by Crippen LogP contribution is 2.35. The van der Waals surface area contributed by atoms with Gasteiger partial charge in [0.25, 0.3) is 5.91 Å². The summed E-state index contributed by atoms with van der Waals surface area (Å²) in [7, 11) is 1.47. The maximum atomic E-state index is 12.9.